The first-order chi connectivity index (χ1) is 8.10. The number of anilines is 1. The van der Waals surface area contributed by atoms with Crippen molar-refractivity contribution in [3.63, 3.8) is 0 Å². The van der Waals surface area contributed by atoms with Crippen LogP contribution in [0.25, 0.3) is 0 Å². The van der Waals surface area contributed by atoms with Gasteiger partial charge in [-0.15, -0.1) is 0 Å². The summed E-state index contributed by atoms with van der Waals surface area (Å²) >= 11 is 7.69. The van der Waals surface area contributed by atoms with Crippen LogP contribution in [0, 0.1) is 0 Å². The fourth-order valence-electron chi connectivity index (χ4n) is 1.27. The predicted molar refractivity (Wildman–Crippen MR) is 74.1 cm³/mol. The van der Waals surface area contributed by atoms with E-state index in [9.17, 15) is 4.79 Å². The van der Waals surface area contributed by atoms with Crippen molar-refractivity contribution in [3.05, 3.63) is 22.8 Å². The van der Waals surface area contributed by atoms with Crippen molar-refractivity contribution in [2.45, 2.75) is 0 Å². The van der Waals surface area contributed by atoms with Gasteiger partial charge in [-0.25, -0.2) is 4.98 Å². The van der Waals surface area contributed by atoms with Crippen molar-refractivity contribution in [2.24, 2.45) is 0 Å². The molecule has 1 aromatic rings. The van der Waals surface area contributed by atoms with Gasteiger partial charge in [0, 0.05) is 32.6 Å². The zero-order valence-corrected chi connectivity index (χ0v) is 11.7. The van der Waals surface area contributed by atoms with Gasteiger partial charge in [-0.3, -0.25) is 4.79 Å². The van der Waals surface area contributed by atoms with Gasteiger partial charge in [0.2, 0.25) is 0 Å². The number of carbonyl (C=O) groups excluding carboxylic acids is 1. The van der Waals surface area contributed by atoms with Crippen LogP contribution in [0.1, 0.15) is 10.4 Å². The molecule has 0 atom stereocenters. The molecule has 0 unspecified atom stereocenters. The standard InChI is InChI=1S/C11H16ClN3OS/c1-13-10-6-8(9(12)7-14-10)11(16)15(2)4-5-17-3/h6-7H,4-5H2,1-3H3,(H,13,14). The highest BCUT2D eigenvalue weighted by atomic mass is 35.5. The van der Waals surface area contributed by atoms with E-state index in [0.717, 1.165) is 5.75 Å². The molecule has 1 N–H and O–H groups in total. The molecule has 0 saturated carbocycles. The van der Waals surface area contributed by atoms with E-state index in [4.69, 9.17) is 11.6 Å². The summed E-state index contributed by atoms with van der Waals surface area (Å²) in [5, 5.41) is 3.27. The molecule has 1 amide bonds. The summed E-state index contributed by atoms with van der Waals surface area (Å²) in [6.45, 7) is 0.702. The van der Waals surface area contributed by atoms with Gasteiger partial charge in [0.05, 0.1) is 10.6 Å². The highest BCUT2D eigenvalue weighted by Crippen LogP contribution is 2.19. The van der Waals surface area contributed by atoms with Gasteiger partial charge in [-0.1, -0.05) is 11.6 Å². The summed E-state index contributed by atoms with van der Waals surface area (Å²) in [7, 11) is 3.52. The number of amides is 1. The third kappa shape index (κ3) is 3.78. The van der Waals surface area contributed by atoms with E-state index < -0.39 is 0 Å². The summed E-state index contributed by atoms with van der Waals surface area (Å²) in [6.07, 6.45) is 3.50. The van der Waals surface area contributed by atoms with Crippen LogP contribution in [-0.2, 0) is 0 Å². The fraction of sp³-hybridized carbons (Fsp3) is 0.455. The first-order valence-corrected chi connectivity index (χ1v) is 6.95. The Morgan fingerprint density at radius 3 is 2.94 bits per heavy atom. The van der Waals surface area contributed by atoms with Crippen LogP contribution in [0.2, 0.25) is 5.02 Å². The molecule has 4 nitrogen and oxygen atoms in total. The second kappa shape index (κ2) is 6.71. The molecule has 0 radical (unpaired) electrons. The molecule has 0 aromatic carbocycles. The number of hydrogen-bond donors (Lipinski definition) is 1. The Kier molecular flexibility index (Phi) is 5.58. The average molecular weight is 274 g/mol. The quantitative estimate of drug-likeness (QED) is 0.893. The molecule has 1 rings (SSSR count). The summed E-state index contributed by atoms with van der Waals surface area (Å²) in [6, 6.07) is 1.67. The van der Waals surface area contributed by atoms with Crippen LogP contribution in [0.3, 0.4) is 0 Å². The number of hydrogen-bond acceptors (Lipinski definition) is 4. The van der Waals surface area contributed by atoms with Crippen molar-refractivity contribution >= 4 is 35.1 Å². The summed E-state index contributed by atoms with van der Waals surface area (Å²) in [5.74, 6) is 1.46. The molecule has 0 aliphatic heterocycles. The Hall–Kier alpha value is -0.940. The maximum atomic E-state index is 12.1. The molecular formula is C11H16ClN3OS. The van der Waals surface area contributed by atoms with E-state index in [2.05, 4.69) is 10.3 Å². The second-order valence-corrected chi connectivity index (χ2v) is 4.91. The van der Waals surface area contributed by atoms with Gasteiger partial charge < -0.3 is 10.2 Å². The lowest BCUT2D eigenvalue weighted by atomic mass is 10.2. The molecule has 6 heteroatoms. The minimum absolute atomic E-state index is 0.0806. The van der Waals surface area contributed by atoms with Gasteiger partial charge >= 0.3 is 0 Å². The van der Waals surface area contributed by atoms with Crippen molar-refractivity contribution in [1.29, 1.82) is 0 Å². The van der Waals surface area contributed by atoms with Gasteiger partial charge in [-0.05, 0) is 12.3 Å². The first-order valence-electron chi connectivity index (χ1n) is 5.17. The highest BCUT2D eigenvalue weighted by molar-refractivity contribution is 7.98. The van der Waals surface area contributed by atoms with Crippen molar-refractivity contribution in [2.75, 3.05) is 38.0 Å². The molecule has 0 fully saturated rings. The van der Waals surface area contributed by atoms with Crippen LogP contribution in [0.15, 0.2) is 12.3 Å². The topological polar surface area (TPSA) is 45.2 Å². The minimum atomic E-state index is -0.0806. The van der Waals surface area contributed by atoms with E-state index in [1.807, 2.05) is 6.26 Å². The zero-order chi connectivity index (χ0) is 12.8. The summed E-state index contributed by atoms with van der Waals surface area (Å²) in [5.41, 5.74) is 0.481. The van der Waals surface area contributed by atoms with E-state index in [-0.39, 0.29) is 5.91 Å². The molecule has 0 bridgehead atoms. The second-order valence-electron chi connectivity index (χ2n) is 3.52. The maximum absolute atomic E-state index is 12.1. The molecule has 1 aromatic heterocycles. The van der Waals surface area contributed by atoms with Crippen LogP contribution in [0.4, 0.5) is 5.82 Å². The Morgan fingerprint density at radius 2 is 2.35 bits per heavy atom. The number of carbonyl (C=O) groups is 1. The summed E-state index contributed by atoms with van der Waals surface area (Å²) in [4.78, 5) is 17.8. The van der Waals surface area contributed by atoms with Gasteiger partial charge in [0.25, 0.3) is 5.91 Å². The molecule has 17 heavy (non-hydrogen) atoms. The minimum Gasteiger partial charge on any atom is -0.373 e. The molecule has 0 aliphatic rings. The highest BCUT2D eigenvalue weighted by Gasteiger charge is 2.15. The number of nitrogens with zero attached hydrogens (tertiary/aromatic N) is 2. The SMILES string of the molecule is CNc1cc(C(=O)N(C)CCSC)c(Cl)cn1. The van der Waals surface area contributed by atoms with Crippen molar-refractivity contribution in [3.8, 4) is 0 Å². The Bertz CT molecular complexity index is 400. The summed E-state index contributed by atoms with van der Waals surface area (Å²) < 4.78 is 0. The van der Waals surface area contributed by atoms with Crippen LogP contribution >= 0.6 is 23.4 Å². The number of pyridine rings is 1. The number of nitrogens with one attached hydrogen (secondary N) is 1. The largest absolute Gasteiger partial charge is 0.373 e. The number of rotatable bonds is 5. The smallest absolute Gasteiger partial charge is 0.255 e. The predicted octanol–water partition coefficient (Wildman–Crippen LogP) is 2.21. The average Bonchev–Trinajstić information content (AvgIpc) is 2.35. The third-order valence-electron chi connectivity index (χ3n) is 2.32. The van der Waals surface area contributed by atoms with Crippen LogP contribution in [-0.4, -0.2) is 48.4 Å². The Labute approximate surface area is 111 Å². The molecule has 0 saturated heterocycles. The molecule has 1 heterocycles. The van der Waals surface area contributed by atoms with Crippen LogP contribution < -0.4 is 5.32 Å². The Balaban J connectivity index is 2.87. The van der Waals surface area contributed by atoms with Crippen LogP contribution in [0.5, 0.6) is 0 Å². The van der Waals surface area contributed by atoms with E-state index >= 15 is 0 Å². The molecule has 94 valence electrons. The lowest BCUT2D eigenvalue weighted by molar-refractivity contribution is 0.0804. The fourth-order valence-corrected chi connectivity index (χ4v) is 1.92. The van der Waals surface area contributed by atoms with Crippen molar-refractivity contribution < 1.29 is 4.79 Å². The zero-order valence-electron chi connectivity index (χ0n) is 10.2. The Morgan fingerprint density at radius 1 is 1.65 bits per heavy atom. The van der Waals surface area contributed by atoms with Gasteiger partial charge in [0.1, 0.15) is 5.82 Å². The molecule has 0 spiro atoms. The van der Waals surface area contributed by atoms with Gasteiger partial charge in [0.15, 0.2) is 0 Å². The van der Waals surface area contributed by atoms with Crippen molar-refractivity contribution in [1.82, 2.24) is 9.88 Å². The lowest BCUT2D eigenvalue weighted by Crippen LogP contribution is -2.29. The van der Waals surface area contributed by atoms with Gasteiger partial charge in [-0.2, -0.15) is 11.8 Å². The third-order valence-corrected chi connectivity index (χ3v) is 3.21. The normalized spacial score (nSPS) is 10.1. The monoisotopic (exact) mass is 273 g/mol. The van der Waals surface area contributed by atoms with E-state index in [1.54, 1.807) is 36.8 Å². The first kappa shape index (κ1) is 14.1. The van der Waals surface area contributed by atoms with E-state index in [1.165, 1.54) is 6.20 Å². The number of aromatic nitrogens is 1. The van der Waals surface area contributed by atoms with E-state index in [0.29, 0.717) is 22.9 Å². The lowest BCUT2D eigenvalue weighted by Gasteiger charge is -2.17. The molecule has 0 aliphatic carbocycles. The maximum Gasteiger partial charge on any atom is 0.255 e. The molecular weight excluding hydrogens is 258 g/mol. The number of thioether (sulfide) groups is 1. The number of halogens is 1.